The van der Waals surface area contributed by atoms with Crippen LogP contribution in [0, 0.1) is 0 Å². The zero-order valence-corrected chi connectivity index (χ0v) is 13.2. The first-order valence-corrected chi connectivity index (χ1v) is 7.39. The topological polar surface area (TPSA) is 151 Å². The normalized spacial score (nSPS) is 10.3. The molecule has 9 heteroatoms. The fraction of sp³-hybridized carbons (Fsp3) is 0. The summed E-state index contributed by atoms with van der Waals surface area (Å²) in [4.78, 5) is 35.3. The fourth-order valence-electron chi connectivity index (χ4n) is 2.21. The summed E-state index contributed by atoms with van der Waals surface area (Å²) < 4.78 is 0. The van der Waals surface area contributed by atoms with E-state index in [4.69, 9.17) is 5.73 Å². The van der Waals surface area contributed by atoms with Gasteiger partial charge in [0.05, 0.1) is 5.69 Å². The van der Waals surface area contributed by atoms with Crippen LogP contribution in [0.15, 0.2) is 48.7 Å². The largest absolute Gasteiger partial charge is 0.501 e. The molecule has 0 radical (unpaired) electrons. The van der Waals surface area contributed by atoms with Gasteiger partial charge in [0.1, 0.15) is 5.69 Å². The molecule has 0 saturated heterocycles. The molecule has 0 atom stereocenters. The summed E-state index contributed by atoms with van der Waals surface area (Å²) in [5.74, 6) is -3.19. The van der Waals surface area contributed by atoms with Gasteiger partial charge in [-0.25, -0.2) is 4.98 Å². The SMILES string of the molecule is NC(=O)c1nc(-c2ccccc2NC(=O)c2ccccn2)nc(O)c1O. The standard InChI is InChI=1S/C17H13N5O4/c18-14(24)12-13(23)17(26)22-15(21-12)9-5-1-2-6-10(9)20-16(25)11-7-3-4-8-19-11/h1-8,23H,(H2,18,24)(H,20,25)(H,21,22,26). The van der Waals surface area contributed by atoms with E-state index in [-0.39, 0.29) is 11.5 Å². The van der Waals surface area contributed by atoms with E-state index in [1.165, 1.54) is 6.20 Å². The number of carbonyl (C=O) groups is 2. The van der Waals surface area contributed by atoms with Gasteiger partial charge in [-0.2, -0.15) is 4.98 Å². The highest BCUT2D eigenvalue weighted by atomic mass is 16.3. The summed E-state index contributed by atoms with van der Waals surface area (Å²) in [7, 11) is 0. The van der Waals surface area contributed by atoms with E-state index in [0.29, 0.717) is 11.3 Å². The second-order valence-corrected chi connectivity index (χ2v) is 5.15. The Labute approximate surface area is 147 Å². The highest BCUT2D eigenvalue weighted by Gasteiger charge is 2.20. The van der Waals surface area contributed by atoms with Gasteiger partial charge in [-0.05, 0) is 24.3 Å². The first kappa shape index (κ1) is 16.8. The molecule has 26 heavy (non-hydrogen) atoms. The number of hydrogen-bond acceptors (Lipinski definition) is 7. The van der Waals surface area contributed by atoms with E-state index in [2.05, 4.69) is 20.3 Å². The van der Waals surface area contributed by atoms with Crippen LogP contribution >= 0.6 is 0 Å². The van der Waals surface area contributed by atoms with E-state index >= 15 is 0 Å². The molecule has 0 spiro atoms. The smallest absolute Gasteiger partial charge is 0.274 e. The summed E-state index contributed by atoms with van der Waals surface area (Å²) in [6, 6.07) is 11.4. The third-order valence-corrected chi connectivity index (χ3v) is 3.41. The van der Waals surface area contributed by atoms with Crippen LogP contribution in [0.25, 0.3) is 11.4 Å². The van der Waals surface area contributed by atoms with Crippen molar-refractivity contribution in [2.24, 2.45) is 5.73 Å². The third kappa shape index (κ3) is 3.26. The molecule has 0 fully saturated rings. The molecular formula is C17H13N5O4. The van der Waals surface area contributed by atoms with Crippen LogP contribution in [-0.4, -0.2) is 37.0 Å². The van der Waals surface area contributed by atoms with Crippen LogP contribution < -0.4 is 11.1 Å². The number of nitrogens with one attached hydrogen (secondary N) is 1. The second kappa shape index (κ2) is 6.85. The number of rotatable bonds is 4. The van der Waals surface area contributed by atoms with Gasteiger partial charge in [0.25, 0.3) is 17.7 Å². The highest BCUT2D eigenvalue weighted by molar-refractivity contribution is 6.04. The summed E-state index contributed by atoms with van der Waals surface area (Å²) in [5.41, 5.74) is 5.46. The number of amides is 2. The van der Waals surface area contributed by atoms with Gasteiger partial charge in [0.2, 0.25) is 5.75 Å². The monoisotopic (exact) mass is 351 g/mol. The third-order valence-electron chi connectivity index (χ3n) is 3.41. The molecule has 1 aromatic carbocycles. The van der Waals surface area contributed by atoms with Gasteiger partial charge in [-0.1, -0.05) is 18.2 Å². The summed E-state index contributed by atoms with van der Waals surface area (Å²) in [5, 5.41) is 22.1. The summed E-state index contributed by atoms with van der Waals surface area (Å²) in [6.45, 7) is 0. The minimum absolute atomic E-state index is 0.0916. The molecule has 5 N–H and O–H groups in total. The van der Waals surface area contributed by atoms with Crippen LogP contribution in [0.1, 0.15) is 21.0 Å². The number of nitrogens with two attached hydrogens (primary N) is 1. The number of anilines is 1. The first-order valence-electron chi connectivity index (χ1n) is 7.39. The van der Waals surface area contributed by atoms with Crippen LogP contribution in [-0.2, 0) is 0 Å². The number of para-hydroxylation sites is 1. The van der Waals surface area contributed by atoms with Gasteiger partial charge in [0.15, 0.2) is 11.5 Å². The number of benzene rings is 1. The lowest BCUT2D eigenvalue weighted by Gasteiger charge is -2.11. The Bertz CT molecular complexity index is 992. The van der Waals surface area contributed by atoms with E-state index in [1.807, 2.05) is 0 Å². The van der Waals surface area contributed by atoms with Crippen LogP contribution in [0.2, 0.25) is 0 Å². The molecule has 2 amide bonds. The van der Waals surface area contributed by atoms with Crippen LogP contribution in [0.4, 0.5) is 5.69 Å². The van der Waals surface area contributed by atoms with Crippen molar-refractivity contribution in [1.29, 1.82) is 0 Å². The molecule has 2 heterocycles. The molecule has 130 valence electrons. The molecule has 3 aromatic rings. The van der Waals surface area contributed by atoms with Crippen molar-refractivity contribution >= 4 is 17.5 Å². The van der Waals surface area contributed by atoms with E-state index in [0.717, 1.165) is 0 Å². The van der Waals surface area contributed by atoms with Crippen molar-refractivity contribution in [1.82, 2.24) is 15.0 Å². The Morgan fingerprint density at radius 1 is 1.00 bits per heavy atom. The molecule has 9 nitrogen and oxygen atoms in total. The second-order valence-electron chi connectivity index (χ2n) is 5.15. The predicted octanol–water partition coefficient (Wildman–Crippen LogP) is 1.30. The van der Waals surface area contributed by atoms with Gasteiger partial charge in [0, 0.05) is 11.8 Å². The fourth-order valence-corrected chi connectivity index (χ4v) is 2.21. The lowest BCUT2D eigenvalue weighted by atomic mass is 10.1. The Kier molecular flexibility index (Phi) is 4.44. The van der Waals surface area contributed by atoms with E-state index in [1.54, 1.807) is 42.5 Å². The van der Waals surface area contributed by atoms with Crippen molar-refractivity contribution < 1.29 is 19.8 Å². The van der Waals surface area contributed by atoms with Crippen LogP contribution in [0.3, 0.4) is 0 Å². The molecule has 0 saturated carbocycles. The average molecular weight is 351 g/mol. The molecular weight excluding hydrogens is 338 g/mol. The van der Waals surface area contributed by atoms with E-state index in [9.17, 15) is 19.8 Å². The molecule has 0 aliphatic rings. The lowest BCUT2D eigenvalue weighted by molar-refractivity contribution is 0.0989. The average Bonchev–Trinajstić information content (AvgIpc) is 2.65. The molecule has 2 aromatic heterocycles. The summed E-state index contributed by atoms with van der Waals surface area (Å²) >= 11 is 0. The van der Waals surface area contributed by atoms with Crippen LogP contribution in [0.5, 0.6) is 11.6 Å². The van der Waals surface area contributed by atoms with Crippen molar-refractivity contribution in [2.45, 2.75) is 0 Å². The summed E-state index contributed by atoms with van der Waals surface area (Å²) in [6.07, 6.45) is 1.49. The zero-order valence-electron chi connectivity index (χ0n) is 13.2. The maximum Gasteiger partial charge on any atom is 0.274 e. The molecule has 0 unspecified atom stereocenters. The van der Waals surface area contributed by atoms with Gasteiger partial charge in [-0.3, -0.25) is 14.6 Å². The molecule has 3 rings (SSSR count). The number of primary amides is 1. The number of hydrogen-bond donors (Lipinski definition) is 4. The number of aromatic nitrogens is 3. The van der Waals surface area contributed by atoms with Crippen molar-refractivity contribution in [3.8, 4) is 23.0 Å². The number of aromatic hydroxyl groups is 2. The highest BCUT2D eigenvalue weighted by Crippen LogP contribution is 2.31. The maximum atomic E-state index is 12.3. The Hall–Kier alpha value is -4.01. The Morgan fingerprint density at radius 2 is 1.73 bits per heavy atom. The number of carbonyl (C=O) groups excluding carboxylic acids is 2. The molecule has 0 aliphatic heterocycles. The lowest BCUT2D eigenvalue weighted by Crippen LogP contribution is -2.16. The zero-order chi connectivity index (χ0) is 18.7. The van der Waals surface area contributed by atoms with Gasteiger partial charge in [-0.15, -0.1) is 0 Å². The number of pyridine rings is 1. The Morgan fingerprint density at radius 3 is 2.42 bits per heavy atom. The van der Waals surface area contributed by atoms with Crippen molar-refractivity contribution in [3.05, 3.63) is 60.0 Å². The maximum absolute atomic E-state index is 12.3. The van der Waals surface area contributed by atoms with Crippen molar-refractivity contribution in [3.63, 3.8) is 0 Å². The molecule has 0 aliphatic carbocycles. The van der Waals surface area contributed by atoms with Gasteiger partial charge >= 0.3 is 0 Å². The quantitative estimate of drug-likeness (QED) is 0.553. The first-order chi connectivity index (χ1) is 12.5. The number of nitrogens with zero attached hydrogens (tertiary/aromatic N) is 3. The minimum Gasteiger partial charge on any atom is -0.501 e. The van der Waals surface area contributed by atoms with E-state index < -0.39 is 29.1 Å². The Balaban J connectivity index is 2.03. The predicted molar refractivity (Wildman–Crippen MR) is 91.5 cm³/mol. The van der Waals surface area contributed by atoms with Gasteiger partial charge < -0.3 is 21.3 Å². The minimum atomic E-state index is -1.03. The molecule has 0 bridgehead atoms. The van der Waals surface area contributed by atoms with Crippen molar-refractivity contribution in [2.75, 3.05) is 5.32 Å².